The van der Waals surface area contributed by atoms with E-state index < -0.39 is 10.0 Å². The largest absolute Gasteiger partial charge is 0.482 e. The van der Waals surface area contributed by atoms with Gasteiger partial charge in [-0.2, -0.15) is 0 Å². The van der Waals surface area contributed by atoms with Crippen LogP contribution in [0.2, 0.25) is 0 Å². The van der Waals surface area contributed by atoms with Crippen molar-refractivity contribution in [3.8, 4) is 17.0 Å². The number of ether oxygens (including phenoxy) is 1. The summed E-state index contributed by atoms with van der Waals surface area (Å²) in [4.78, 5) is 17.0. The summed E-state index contributed by atoms with van der Waals surface area (Å²) in [6, 6.07) is 12.0. The number of thiazole rings is 1. The molecule has 7 nitrogen and oxygen atoms in total. The average Bonchev–Trinajstić information content (AvgIpc) is 3.00. The SMILES string of the molecule is Cc1ccc(S(=O)(=O)Nc2nc(-c3ccc4c(c3)NC(=O)CO4)c(C)s2)cc1. The smallest absolute Gasteiger partial charge is 0.263 e. The number of anilines is 2. The second-order valence-corrected chi connectivity index (χ2v) is 9.28. The number of aryl methyl sites for hydroxylation is 2. The number of carbonyl (C=O) groups excluding carboxylic acids is 1. The molecule has 9 heteroatoms. The minimum absolute atomic E-state index is 0.00693. The number of nitrogens with zero attached hydrogens (tertiary/aromatic N) is 1. The molecule has 0 atom stereocenters. The molecule has 1 aromatic heterocycles. The van der Waals surface area contributed by atoms with E-state index in [-0.39, 0.29) is 22.5 Å². The van der Waals surface area contributed by atoms with Gasteiger partial charge in [0, 0.05) is 10.4 Å². The molecule has 0 unspecified atom stereocenters. The van der Waals surface area contributed by atoms with Gasteiger partial charge in [0.2, 0.25) is 0 Å². The minimum Gasteiger partial charge on any atom is -0.482 e. The van der Waals surface area contributed by atoms with Gasteiger partial charge in [-0.25, -0.2) is 13.4 Å². The third-order valence-corrected chi connectivity index (χ3v) is 6.61. The van der Waals surface area contributed by atoms with E-state index in [2.05, 4.69) is 15.0 Å². The van der Waals surface area contributed by atoms with Crippen LogP contribution in [0.5, 0.6) is 5.75 Å². The maximum Gasteiger partial charge on any atom is 0.263 e. The molecule has 0 fully saturated rings. The van der Waals surface area contributed by atoms with E-state index in [4.69, 9.17) is 4.74 Å². The summed E-state index contributed by atoms with van der Waals surface area (Å²) >= 11 is 1.25. The third kappa shape index (κ3) is 3.58. The van der Waals surface area contributed by atoms with Crippen molar-refractivity contribution in [1.82, 2.24) is 4.98 Å². The van der Waals surface area contributed by atoms with Crippen molar-refractivity contribution in [3.05, 3.63) is 52.9 Å². The van der Waals surface area contributed by atoms with Crippen LogP contribution < -0.4 is 14.8 Å². The second kappa shape index (κ2) is 6.92. The monoisotopic (exact) mass is 415 g/mol. The molecule has 0 bridgehead atoms. The van der Waals surface area contributed by atoms with Crippen molar-refractivity contribution in [2.24, 2.45) is 0 Å². The third-order valence-electron chi connectivity index (χ3n) is 4.24. The first-order chi connectivity index (χ1) is 13.3. The second-order valence-electron chi connectivity index (χ2n) is 6.39. The Labute approximate surface area is 166 Å². The standard InChI is InChI=1S/C19H17N3O4S2/c1-11-3-6-14(7-4-11)28(24,25)22-19-21-18(12(2)27-19)13-5-8-16-15(9-13)20-17(23)10-26-16/h3-9H,10H2,1-2H3,(H,20,23)(H,21,22). The van der Waals surface area contributed by atoms with Gasteiger partial charge in [0.25, 0.3) is 15.9 Å². The molecular weight excluding hydrogens is 398 g/mol. The highest BCUT2D eigenvalue weighted by Gasteiger charge is 2.20. The highest BCUT2D eigenvalue weighted by molar-refractivity contribution is 7.93. The highest BCUT2D eigenvalue weighted by atomic mass is 32.2. The number of carbonyl (C=O) groups is 1. The molecule has 0 radical (unpaired) electrons. The summed E-state index contributed by atoms with van der Waals surface area (Å²) in [5, 5.41) is 3.04. The molecular formula is C19H17N3O4S2. The van der Waals surface area contributed by atoms with Crippen molar-refractivity contribution in [3.63, 3.8) is 0 Å². The summed E-state index contributed by atoms with van der Waals surface area (Å²) < 4.78 is 33.1. The van der Waals surface area contributed by atoms with Crippen LogP contribution in [0.3, 0.4) is 0 Å². The number of fused-ring (bicyclic) bond motifs is 1. The minimum atomic E-state index is -3.72. The van der Waals surface area contributed by atoms with Gasteiger partial charge in [0.1, 0.15) is 5.75 Å². The van der Waals surface area contributed by atoms with Gasteiger partial charge < -0.3 is 10.1 Å². The van der Waals surface area contributed by atoms with Gasteiger partial charge in [-0.05, 0) is 44.2 Å². The maximum atomic E-state index is 12.6. The molecule has 0 spiro atoms. The number of benzene rings is 2. The van der Waals surface area contributed by atoms with Gasteiger partial charge in [-0.1, -0.05) is 17.7 Å². The zero-order valence-electron chi connectivity index (χ0n) is 15.1. The Kier molecular flexibility index (Phi) is 4.56. The lowest BCUT2D eigenvalue weighted by molar-refractivity contribution is -0.118. The number of nitrogens with one attached hydrogen (secondary N) is 2. The number of amides is 1. The predicted octanol–water partition coefficient (Wildman–Crippen LogP) is 3.56. The normalized spacial score (nSPS) is 13.4. The van der Waals surface area contributed by atoms with Gasteiger partial charge >= 0.3 is 0 Å². The Bertz CT molecular complexity index is 1170. The molecule has 144 valence electrons. The quantitative estimate of drug-likeness (QED) is 0.679. The van der Waals surface area contributed by atoms with Crippen molar-refractivity contribution >= 4 is 38.1 Å². The van der Waals surface area contributed by atoms with Crippen LogP contribution in [-0.4, -0.2) is 25.9 Å². The van der Waals surface area contributed by atoms with E-state index in [1.165, 1.54) is 11.3 Å². The maximum absolute atomic E-state index is 12.6. The molecule has 2 aromatic carbocycles. The molecule has 3 aromatic rings. The van der Waals surface area contributed by atoms with E-state index in [1.807, 2.05) is 19.9 Å². The van der Waals surface area contributed by atoms with E-state index >= 15 is 0 Å². The molecule has 0 aliphatic carbocycles. The fourth-order valence-corrected chi connectivity index (χ4v) is 4.90. The van der Waals surface area contributed by atoms with Crippen LogP contribution in [0.4, 0.5) is 10.8 Å². The number of rotatable bonds is 4. The van der Waals surface area contributed by atoms with Crippen LogP contribution in [-0.2, 0) is 14.8 Å². The summed E-state index contributed by atoms with van der Waals surface area (Å²) in [6.07, 6.45) is 0. The van der Waals surface area contributed by atoms with Gasteiger partial charge in [-0.15, -0.1) is 11.3 Å². The predicted molar refractivity (Wildman–Crippen MR) is 108 cm³/mol. The Morgan fingerprint density at radius 1 is 1.14 bits per heavy atom. The van der Waals surface area contributed by atoms with Crippen molar-refractivity contribution in [2.45, 2.75) is 18.7 Å². The summed E-state index contributed by atoms with van der Waals surface area (Å²) in [5.74, 6) is 0.378. The van der Waals surface area contributed by atoms with Crippen molar-refractivity contribution in [2.75, 3.05) is 16.6 Å². The number of hydrogen-bond donors (Lipinski definition) is 2. The first-order valence-corrected chi connectivity index (χ1v) is 10.8. The summed E-state index contributed by atoms with van der Waals surface area (Å²) in [6.45, 7) is 3.75. The summed E-state index contributed by atoms with van der Waals surface area (Å²) in [7, 11) is -3.72. The molecule has 0 saturated carbocycles. The van der Waals surface area contributed by atoms with Crippen LogP contribution in [0, 0.1) is 13.8 Å². The molecule has 0 saturated heterocycles. The van der Waals surface area contributed by atoms with Gasteiger partial charge in [0.15, 0.2) is 11.7 Å². The Balaban J connectivity index is 1.63. The Hall–Kier alpha value is -2.91. The van der Waals surface area contributed by atoms with E-state index in [1.54, 1.807) is 36.4 Å². The fourth-order valence-electron chi connectivity index (χ4n) is 2.83. The van der Waals surface area contributed by atoms with Gasteiger partial charge in [-0.3, -0.25) is 9.52 Å². The lowest BCUT2D eigenvalue weighted by Crippen LogP contribution is -2.25. The molecule has 1 amide bonds. The average molecular weight is 415 g/mol. The van der Waals surface area contributed by atoms with E-state index in [0.717, 1.165) is 16.0 Å². The lowest BCUT2D eigenvalue weighted by atomic mass is 10.1. The topological polar surface area (TPSA) is 97.4 Å². The molecule has 2 N–H and O–H groups in total. The van der Waals surface area contributed by atoms with E-state index in [0.29, 0.717) is 17.1 Å². The lowest BCUT2D eigenvalue weighted by Gasteiger charge is -2.18. The van der Waals surface area contributed by atoms with Crippen LogP contribution in [0.15, 0.2) is 47.4 Å². The van der Waals surface area contributed by atoms with Crippen LogP contribution >= 0.6 is 11.3 Å². The van der Waals surface area contributed by atoms with Crippen molar-refractivity contribution < 1.29 is 17.9 Å². The molecule has 28 heavy (non-hydrogen) atoms. The zero-order valence-corrected chi connectivity index (χ0v) is 16.8. The van der Waals surface area contributed by atoms with Crippen LogP contribution in [0.1, 0.15) is 10.4 Å². The number of sulfonamides is 1. The number of hydrogen-bond acceptors (Lipinski definition) is 6. The Morgan fingerprint density at radius 3 is 2.64 bits per heavy atom. The molecule has 1 aliphatic rings. The first kappa shape index (κ1) is 18.5. The fraction of sp³-hybridized carbons (Fsp3) is 0.158. The van der Waals surface area contributed by atoms with Crippen molar-refractivity contribution in [1.29, 1.82) is 0 Å². The molecule has 1 aliphatic heterocycles. The molecule has 2 heterocycles. The Morgan fingerprint density at radius 2 is 1.89 bits per heavy atom. The van der Waals surface area contributed by atoms with Gasteiger partial charge in [0.05, 0.1) is 16.3 Å². The zero-order chi connectivity index (χ0) is 19.9. The molecule has 4 rings (SSSR count). The van der Waals surface area contributed by atoms with E-state index in [9.17, 15) is 13.2 Å². The van der Waals surface area contributed by atoms with Crippen LogP contribution in [0.25, 0.3) is 11.3 Å². The summed E-state index contributed by atoms with van der Waals surface area (Å²) in [5.41, 5.74) is 2.96. The number of aromatic nitrogens is 1. The first-order valence-electron chi connectivity index (χ1n) is 8.46. The highest BCUT2D eigenvalue weighted by Crippen LogP contribution is 2.36.